The molecule has 0 radical (unpaired) electrons. The van der Waals surface area contributed by atoms with Gasteiger partial charge in [-0.1, -0.05) is 42.3 Å². The zero-order valence-electron chi connectivity index (χ0n) is 18.5. The van der Waals surface area contributed by atoms with Gasteiger partial charge in [-0.25, -0.2) is 12.8 Å². The fourth-order valence-corrected chi connectivity index (χ4v) is 4.73. The zero-order chi connectivity index (χ0) is 24.7. The maximum absolute atomic E-state index is 14.1. The van der Waals surface area contributed by atoms with Gasteiger partial charge in [-0.2, -0.15) is 0 Å². The van der Waals surface area contributed by atoms with Crippen LogP contribution in [-0.2, 0) is 26.5 Å². The molecule has 4 rings (SSSR count). The molecule has 0 aliphatic heterocycles. The van der Waals surface area contributed by atoms with Gasteiger partial charge in [0.1, 0.15) is 11.6 Å². The Morgan fingerprint density at radius 3 is 2.24 bits per heavy atom. The quantitative estimate of drug-likeness (QED) is 0.382. The Morgan fingerprint density at radius 2 is 1.68 bits per heavy atom. The van der Waals surface area contributed by atoms with E-state index < -0.39 is 15.7 Å². The van der Waals surface area contributed by atoms with Gasteiger partial charge in [0.2, 0.25) is 5.91 Å². The van der Waals surface area contributed by atoms with E-state index in [1.165, 1.54) is 36.4 Å². The lowest BCUT2D eigenvalue weighted by molar-refractivity contribution is -0.115. The first kappa shape index (κ1) is 24.5. The van der Waals surface area contributed by atoms with Gasteiger partial charge < -0.3 is 10.1 Å². The van der Waals surface area contributed by atoms with Crippen molar-refractivity contribution in [3.63, 3.8) is 0 Å². The van der Waals surface area contributed by atoms with Gasteiger partial charge in [-0.15, -0.1) is 0 Å². The molecule has 0 unspecified atom stereocenters. The van der Waals surface area contributed by atoms with Crippen molar-refractivity contribution in [1.29, 1.82) is 0 Å². The number of sulfone groups is 1. The summed E-state index contributed by atoms with van der Waals surface area (Å²) in [6.45, 7) is 2.07. The number of hydrogen-bond acceptors (Lipinski definition) is 4. The fourth-order valence-electron chi connectivity index (χ4n) is 3.54. The van der Waals surface area contributed by atoms with Crippen LogP contribution in [0.15, 0.2) is 59.5 Å². The molecule has 1 amide bonds. The standard InChI is InChI=1S/C25H22Cl2FNO4S/c1-25(7-8-25)16-10-17(28)12-19(11-16)33-24-21(26)13-18(14-22(24)27)29-23(30)9-15-3-5-20(6-4-15)34(2,31)32/h3-6,10-14H,7-9H2,1-2H3,(H,29,30). The summed E-state index contributed by atoms with van der Waals surface area (Å²) < 4.78 is 43.1. The Morgan fingerprint density at radius 1 is 1.06 bits per heavy atom. The van der Waals surface area contributed by atoms with Crippen molar-refractivity contribution in [3.05, 3.63) is 81.6 Å². The lowest BCUT2D eigenvalue weighted by Gasteiger charge is -2.15. The van der Waals surface area contributed by atoms with Gasteiger partial charge in [0.05, 0.1) is 21.4 Å². The number of amides is 1. The van der Waals surface area contributed by atoms with Crippen LogP contribution < -0.4 is 10.1 Å². The topological polar surface area (TPSA) is 72.5 Å². The number of benzene rings is 3. The number of rotatable bonds is 7. The van der Waals surface area contributed by atoms with E-state index >= 15 is 0 Å². The molecule has 9 heteroatoms. The molecule has 3 aromatic rings. The minimum Gasteiger partial charge on any atom is -0.454 e. The highest BCUT2D eigenvalue weighted by molar-refractivity contribution is 7.90. The van der Waals surface area contributed by atoms with E-state index in [0.29, 0.717) is 17.0 Å². The average molecular weight is 522 g/mol. The molecule has 34 heavy (non-hydrogen) atoms. The van der Waals surface area contributed by atoms with Crippen molar-refractivity contribution in [1.82, 2.24) is 0 Å². The van der Waals surface area contributed by atoms with Gasteiger partial charge in [0.25, 0.3) is 0 Å². The number of carbonyl (C=O) groups excluding carboxylic acids is 1. The third-order valence-electron chi connectivity index (χ3n) is 5.79. The summed E-state index contributed by atoms with van der Waals surface area (Å²) in [7, 11) is -3.30. The Kier molecular flexibility index (Phi) is 6.64. The molecular weight excluding hydrogens is 500 g/mol. The Balaban J connectivity index is 1.46. The minimum atomic E-state index is -3.30. The maximum atomic E-state index is 14.1. The predicted molar refractivity (Wildman–Crippen MR) is 131 cm³/mol. The normalized spacial score (nSPS) is 14.5. The van der Waals surface area contributed by atoms with Crippen molar-refractivity contribution in [2.75, 3.05) is 11.6 Å². The molecule has 0 saturated heterocycles. The lowest BCUT2D eigenvalue weighted by Crippen LogP contribution is -2.14. The second-order valence-corrected chi connectivity index (χ2v) is 11.6. The van der Waals surface area contributed by atoms with Gasteiger partial charge in [-0.3, -0.25) is 4.79 Å². The summed E-state index contributed by atoms with van der Waals surface area (Å²) in [5.41, 5.74) is 1.84. The number of halogens is 3. The van der Waals surface area contributed by atoms with Crippen molar-refractivity contribution < 1.29 is 22.3 Å². The van der Waals surface area contributed by atoms with Crippen LogP contribution in [0.25, 0.3) is 0 Å². The van der Waals surface area contributed by atoms with Crippen LogP contribution in [0, 0.1) is 5.82 Å². The van der Waals surface area contributed by atoms with Crippen LogP contribution in [0.4, 0.5) is 10.1 Å². The Hall–Kier alpha value is -2.61. The van der Waals surface area contributed by atoms with Crippen molar-refractivity contribution in [2.24, 2.45) is 0 Å². The molecule has 0 aromatic heterocycles. The highest BCUT2D eigenvalue weighted by Crippen LogP contribution is 2.49. The number of hydrogen-bond donors (Lipinski definition) is 1. The van der Waals surface area contributed by atoms with Crippen LogP contribution in [0.3, 0.4) is 0 Å². The highest BCUT2D eigenvalue weighted by atomic mass is 35.5. The largest absolute Gasteiger partial charge is 0.454 e. The number of carbonyl (C=O) groups is 1. The molecule has 0 spiro atoms. The second kappa shape index (κ2) is 9.21. The van der Waals surface area contributed by atoms with Crippen LogP contribution >= 0.6 is 23.2 Å². The van der Waals surface area contributed by atoms with E-state index in [4.69, 9.17) is 27.9 Å². The van der Waals surface area contributed by atoms with Crippen molar-refractivity contribution in [2.45, 2.75) is 36.5 Å². The molecule has 0 bridgehead atoms. The molecule has 1 N–H and O–H groups in total. The molecule has 5 nitrogen and oxygen atoms in total. The van der Waals surface area contributed by atoms with Crippen molar-refractivity contribution >= 4 is 44.6 Å². The van der Waals surface area contributed by atoms with Gasteiger partial charge in [0.15, 0.2) is 15.6 Å². The number of nitrogens with one attached hydrogen (secondary N) is 1. The molecule has 0 atom stereocenters. The molecule has 3 aromatic carbocycles. The summed E-state index contributed by atoms with van der Waals surface area (Å²) in [6, 6.07) is 13.6. The SMILES string of the molecule is CC1(c2cc(F)cc(Oc3c(Cl)cc(NC(=O)Cc4ccc(S(C)(=O)=O)cc4)cc3Cl)c2)CC1. The number of ether oxygens (including phenoxy) is 1. The van der Waals surface area contributed by atoms with Crippen molar-refractivity contribution in [3.8, 4) is 11.5 Å². The van der Waals surface area contributed by atoms with Crippen LogP contribution in [0.1, 0.15) is 30.9 Å². The molecule has 178 valence electrons. The highest BCUT2D eigenvalue weighted by Gasteiger charge is 2.39. The molecule has 1 fully saturated rings. The summed E-state index contributed by atoms with van der Waals surface area (Å²) >= 11 is 12.7. The summed E-state index contributed by atoms with van der Waals surface area (Å²) in [5, 5.41) is 3.03. The van der Waals surface area contributed by atoms with E-state index in [1.807, 2.05) is 0 Å². The van der Waals surface area contributed by atoms with Gasteiger partial charge in [-0.05, 0) is 65.8 Å². The van der Waals surface area contributed by atoms with E-state index in [-0.39, 0.29) is 38.4 Å². The summed E-state index contributed by atoms with van der Waals surface area (Å²) in [6.07, 6.45) is 3.14. The maximum Gasteiger partial charge on any atom is 0.228 e. The Labute approximate surface area is 207 Å². The van der Waals surface area contributed by atoms with Crippen LogP contribution in [0.5, 0.6) is 11.5 Å². The molecular formula is C25H22Cl2FNO4S. The minimum absolute atomic E-state index is 0.0301. The van der Waals surface area contributed by atoms with E-state index in [9.17, 15) is 17.6 Å². The third kappa shape index (κ3) is 5.71. The monoisotopic (exact) mass is 521 g/mol. The fraction of sp³-hybridized carbons (Fsp3) is 0.240. The summed E-state index contributed by atoms with van der Waals surface area (Å²) in [5.74, 6) is -0.280. The van der Waals surface area contributed by atoms with Gasteiger partial charge >= 0.3 is 0 Å². The number of anilines is 1. The van der Waals surface area contributed by atoms with Gasteiger partial charge in [0, 0.05) is 18.0 Å². The average Bonchev–Trinajstić information content (AvgIpc) is 3.49. The predicted octanol–water partition coefficient (Wildman–Crippen LogP) is 6.56. The lowest BCUT2D eigenvalue weighted by atomic mass is 9.98. The smallest absolute Gasteiger partial charge is 0.228 e. The molecule has 0 heterocycles. The molecule has 1 aliphatic carbocycles. The first-order valence-electron chi connectivity index (χ1n) is 10.5. The molecule has 1 saturated carbocycles. The summed E-state index contributed by atoms with van der Waals surface area (Å²) in [4.78, 5) is 12.6. The zero-order valence-corrected chi connectivity index (χ0v) is 20.8. The van der Waals surface area contributed by atoms with Crippen LogP contribution in [-0.4, -0.2) is 20.6 Å². The van der Waals surface area contributed by atoms with E-state index in [2.05, 4.69) is 12.2 Å². The van der Waals surface area contributed by atoms with E-state index in [0.717, 1.165) is 24.7 Å². The second-order valence-electron chi connectivity index (χ2n) is 8.75. The Bertz CT molecular complexity index is 1350. The van der Waals surface area contributed by atoms with Crippen LogP contribution in [0.2, 0.25) is 10.0 Å². The third-order valence-corrected chi connectivity index (χ3v) is 7.48. The first-order valence-corrected chi connectivity index (χ1v) is 13.1. The molecule has 1 aliphatic rings. The first-order chi connectivity index (χ1) is 15.9. The van der Waals surface area contributed by atoms with E-state index in [1.54, 1.807) is 18.2 Å².